The van der Waals surface area contributed by atoms with Crippen molar-refractivity contribution in [1.82, 2.24) is 4.48 Å². The van der Waals surface area contributed by atoms with Crippen LogP contribution in [0.15, 0.2) is 39.1 Å². The van der Waals surface area contributed by atoms with Gasteiger partial charge in [-0.3, -0.25) is 4.79 Å². The van der Waals surface area contributed by atoms with Crippen molar-refractivity contribution in [2.45, 2.75) is 48.0 Å². The number of hydrogen-bond donors (Lipinski definition) is 0. The van der Waals surface area contributed by atoms with E-state index in [1.54, 1.807) is 7.11 Å². The number of fused-ring (bicyclic) bond motifs is 2. The zero-order valence-corrected chi connectivity index (χ0v) is 24.9. The molecule has 9 heteroatoms. The number of carbonyl (C=O) groups excluding carboxylic acids is 1. The summed E-state index contributed by atoms with van der Waals surface area (Å²) in [5, 5.41) is 0. The number of halogens is 2. The van der Waals surface area contributed by atoms with E-state index in [1.165, 1.54) is 36.6 Å². The van der Waals surface area contributed by atoms with Gasteiger partial charge in [-0.2, -0.15) is 0 Å². The Morgan fingerprint density at radius 2 is 1.79 bits per heavy atom. The molecule has 4 rings (SSSR count). The third-order valence-corrected chi connectivity index (χ3v) is 10.1. The van der Waals surface area contributed by atoms with Crippen LogP contribution in [0.1, 0.15) is 43.3 Å². The average molecular weight is 686 g/mol. The zero-order valence-electron chi connectivity index (χ0n) is 20.6. The number of hydrogen-bond acceptors (Lipinski definition) is 4. The first-order valence-electron chi connectivity index (χ1n) is 11.2. The third-order valence-electron chi connectivity index (χ3n) is 6.96. The summed E-state index contributed by atoms with van der Waals surface area (Å²) < 4.78 is 25.2. The largest absolute Gasteiger partial charge is 0.514 e. The molecule has 3 heterocycles. The van der Waals surface area contributed by atoms with E-state index in [9.17, 15) is 4.79 Å². The molecule has 2 aliphatic heterocycles. The first-order valence-corrected chi connectivity index (χ1v) is 13.4. The lowest BCUT2D eigenvalue weighted by Gasteiger charge is -2.41. The molecule has 0 radical (unpaired) electrons. The number of allylic oxidation sites excluding steroid dienone is 2. The Labute approximate surface area is 228 Å². The second-order valence-corrected chi connectivity index (χ2v) is 11.1. The molecular formula is C25H29BI2N2O4. The van der Waals surface area contributed by atoms with Gasteiger partial charge >= 0.3 is 12.6 Å². The number of nitrogens with zero attached hydrogens (tertiary/aromatic N) is 2. The molecule has 0 N–H and O–H groups in total. The van der Waals surface area contributed by atoms with E-state index in [0.717, 1.165) is 22.5 Å². The Morgan fingerprint density at radius 1 is 1.12 bits per heavy atom. The second kappa shape index (κ2) is 9.46. The van der Waals surface area contributed by atoms with E-state index in [2.05, 4.69) is 88.7 Å². The number of ether oxygens (including phenoxy) is 2. The van der Waals surface area contributed by atoms with E-state index in [-0.39, 0.29) is 12.6 Å². The van der Waals surface area contributed by atoms with E-state index < -0.39 is 6.62 Å². The van der Waals surface area contributed by atoms with Crippen molar-refractivity contribution in [2.75, 3.05) is 13.7 Å². The highest BCUT2D eigenvalue weighted by molar-refractivity contribution is 14.1. The van der Waals surface area contributed by atoms with E-state index in [0.29, 0.717) is 12.4 Å². The summed E-state index contributed by atoms with van der Waals surface area (Å²) in [5.74, 6) is 0.403. The molecule has 2 aliphatic rings. The van der Waals surface area contributed by atoms with Gasteiger partial charge < -0.3 is 23.1 Å². The molecule has 0 aliphatic carbocycles. The predicted octanol–water partition coefficient (Wildman–Crippen LogP) is 5.84. The maximum atomic E-state index is 11.4. The van der Waals surface area contributed by atoms with Crippen molar-refractivity contribution in [3.8, 4) is 5.75 Å². The molecule has 0 saturated heterocycles. The number of rotatable bonds is 6. The third kappa shape index (κ3) is 3.87. The van der Waals surface area contributed by atoms with Crippen LogP contribution in [-0.4, -0.2) is 41.0 Å². The minimum Gasteiger partial charge on any atom is -0.514 e. The summed E-state index contributed by atoms with van der Waals surface area (Å²) in [7, 11) is 1.80. The van der Waals surface area contributed by atoms with Gasteiger partial charge in [-0.1, -0.05) is 25.0 Å². The van der Waals surface area contributed by atoms with Crippen LogP contribution in [0.2, 0.25) is 6.82 Å². The van der Waals surface area contributed by atoms with Crippen LogP contribution in [0, 0.1) is 17.4 Å². The van der Waals surface area contributed by atoms with Crippen LogP contribution in [0.4, 0.5) is 0 Å². The molecule has 34 heavy (non-hydrogen) atoms. The first-order chi connectivity index (χ1) is 16.0. The summed E-state index contributed by atoms with van der Waals surface area (Å²) in [4.78, 5) is 11.4. The van der Waals surface area contributed by atoms with Crippen LogP contribution < -0.4 is 4.74 Å². The van der Waals surface area contributed by atoms with Gasteiger partial charge in [-0.05, 0) is 90.4 Å². The normalized spacial score (nSPS) is 19.6. The van der Waals surface area contributed by atoms with Crippen LogP contribution in [-0.2, 0) is 20.8 Å². The minimum atomic E-state index is -1.53. The highest BCUT2D eigenvalue weighted by Gasteiger charge is 2.51. The highest BCUT2D eigenvalue weighted by Crippen LogP contribution is 2.45. The molecule has 0 bridgehead atoms. The van der Waals surface area contributed by atoms with E-state index in [1.807, 2.05) is 24.3 Å². The highest BCUT2D eigenvalue weighted by atomic mass is 127. The predicted molar refractivity (Wildman–Crippen MR) is 153 cm³/mol. The molecule has 2 aromatic rings. The summed E-state index contributed by atoms with van der Waals surface area (Å²) in [6.07, 6.45) is 0. The Balaban J connectivity index is 1.88. The van der Waals surface area contributed by atoms with Gasteiger partial charge in [0.2, 0.25) is 0 Å². The lowest BCUT2D eigenvalue weighted by molar-refractivity contribution is -0.357. The minimum absolute atomic E-state index is 0.185. The SMILES string of the molecule is CO[B-]1(C)n2c(C)c(I)c(C)c2C(COc2ccccc2COC(C)=O)=C2C(C)=C(I)C(C)=[N+]21. The van der Waals surface area contributed by atoms with Crippen molar-refractivity contribution < 1.29 is 23.4 Å². The van der Waals surface area contributed by atoms with Crippen LogP contribution in [0.3, 0.4) is 0 Å². The molecule has 1 unspecified atom stereocenters. The topological polar surface area (TPSA) is 52.7 Å². The maximum Gasteiger partial charge on any atom is 0.512 e. The molecule has 0 saturated carbocycles. The molecule has 0 spiro atoms. The molecule has 0 amide bonds. The van der Waals surface area contributed by atoms with Gasteiger partial charge in [0.05, 0.1) is 9.15 Å². The fraction of sp³-hybridized carbons (Fsp3) is 0.360. The van der Waals surface area contributed by atoms with Crippen LogP contribution in [0.5, 0.6) is 5.75 Å². The van der Waals surface area contributed by atoms with Crippen LogP contribution >= 0.6 is 45.2 Å². The van der Waals surface area contributed by atoms with E-state index >= 15 is 0 Å². The van der Waals surface area contributed by atoms with Gasteiger partial charge in [-0.25, -0.2) is 0 Å². The number of benzene rings is 1. The van der Waals surface area contributed by atoms with Crippen molar-refractivity contribution in [3.05, 3.63) is 65.2 Å². The Kier molecular flexibility index (Phi) is 7.09. The van der Waals surface area contributed by atoms with Crippen molar-refractivity contribution >= 4 is 69.1 Å². The number of aromatic nitrogens is 1. The zero-order chi connectivity index (χ0) is 24.9. The standard InChI is InChI=1S/C25H29BI2N2O4/c1-14-22(27)16(3)29-24(14)20(13-34-21-11-9-8-10-19(21)12-33-18(5)31)25-15(2)23(28)17(4)30(25)26(29,6)32-7/h8-11H,12-13H2,1-7H3. The lowest BCUT2D eigenvalue weighted by Crippen LogP contribution is -2.58. The summed E-state index contributed by atoms with van der Waals surface area (Å²) in [6, 6.07) is 7.71. The van der Waals surface area contributed by atoms with Crippen LogP contribution in [0.25, 0.3) is 5.57 Å². The fourth-order valence-electron chi connectivity index (χ4n) is 5.27. The van der Waals surface area contributed by atoms with Crippen molar-refractivity contribution in [1.29, 1.82) is 0 Å². The second-order valence-electron chi connectivity index (χ2n) is 8.96. The molecule has 1 atom stereocenters. The Hall–Kier alpha value is -1.60. The summed E-state index contributed by atoms with van der Waals surface area (Å²) in [6.45, 7) is 11.3. The molecule has 6 nitrogen and oxygen atoms in total. The molecule has 180 valence electrons. The van der Waals surface area contributed by atoms with Gasteiger partial charge in [0.25, 0.3) is 0 Å². The fourth-order valence-corrected chi connectivity index (χ4v) is 6.30. The van der Waals surface area contributed by atoms with Crippen molar-refractivity contribution in [2.24, 2.45) is 0 Å². The summed E-state index contributed by atoms with van der Waals surface area (Å²) in [5.41, 5.74) is 9.14. The van der Waals surface area contributed by atoms with E-state index in [4.69, 9.17) is 14.1 Å². The summed E-state index contributed by atoms with van der Waals surface area (Å²) >= 11 is 4.87. The average Bonchev–Trinajstić information content (AvgIpc) is 3.19. The smallest absolute Gasteiger partial charge is 0.512 e. The molecule has 0 fully saturated rings. The Morgan fingerprint density at radius 3 is 2.44 bits per heavy atom. The molecular weight excluding hydrogens is 657 g/mol. The molecule has 1 aromatic carbocycles. The quantitative estimate of drug-likeness (QED) is 0.218. The maximum absolute atomic E-state index is 11.4. The van der Waals surface area contributed by atoms with Gasteiger partial charge in [0.1, 0.15) is 24.7 Å². The Bertz CT molecular complexity index is 1310. The van der Waals surface area contributed by atoms with Crippen molar-refractivity contribution in [3.63, 3.8) is 0 Å². The number of carbonyl (C=O) groups is 1. The monoisotopic (exact) mass is 686 g/mol. The van der Waals surface area contributed by atoms with Gasteiger partial charge in [0, 0.05) is 34.2 Å². The first kappa shape index (κ1) is 25.5. The number of para-hydroxylation sites is 1. The molecule has 1 aromatic heterocycles. The number of esters is 1. The van der Waals surface area contributed by atoms with Gasteiger partial charge in [0.15, 0.2) is 5.70 Å². The van der Waals surface area contributed by atoms with Gasteiger partial charge in [-0.15, -0.1) is 0 Å². The lowest BCUT2D eigenvalue weighted by atomic mass is 9.63.